The van der Waals surface area contributed by atoms with E-state index in [1.807, 2.05) is 12.1 Å². The van der Waals surface area contributed by atoms with Crippen LogP contribution in [0.25, 0.3) is 0 Å². The van der Waals surface area contributed by atoms with Gasteiger partial charge in [0.15, 0.2) is 5.96 Å². The molecule has 0 aliphatic heterocycles. The molecule has 0 heterocycles. The average molecular weight is 455 g/mol. The molecule has 136 valence electrons. The van der Waals surface area contributed by atoms with Crippen LogP contribution in [0, 0.1) is 0 Å². The van der Waals surface area contributed by atoms with E-state index in [-0.39, 0.29) is 36.3 Å². The van der Waals surface area contributed by atoms with Crippen LogP contribution in [0.2, 0.25) is 0 Å². The third-order valence-electron chi connectivity index (χ3n) is 4.07. The molecule has 0 spiro atoms. The molecule has 2 rings (SSSR count). The SMILES string of the molecule is CCC(C)c1ccc(NC(N)=NCc2cc(OC)ccc2O)cc1.I. The first-order chi connectivity index (χ1) is 11.5. The quantitative estimate of drug-likeness (QED) is 0.342. The number of aromatic hydroxyl groups is 1. The normalized spacial score (nSPS) is 12.2. The number of phenols is 1. The number of guanidine groups is 1. The van der Waals surface area contributed by atoms with Crippen LogP contribution < -0.4 is 15.8 Å². The third-order valence-corrected chi connectivity index (χ3v) is 4.07. The highest BCUT2D eigenvalue weighted by Gasteiger charge is 2.04. The average Bonchev–Trinajstić information content (AvgIpc) is 2.61. The summed E-state index contributed by atoms with van der Waals surface area (Å²) in [4.78, 5) is 4.27. The van der Waals surface area contributed by atoms with Crippen molar-refractivity contribution in [2.75, 3.05) is 12.4 Å². The number of halogens is 1. The smallest absolute Gasteiger partial charge is 0.193 e. The Morgan fingerprint density at radius 2 is 1.92 bits per heavy atom. The molecule has 6 heteroatoms. The molecule has 2 aromatic carbocycles. The Bertz CT molecular complexity index is 702. The molecule has 5 nitrogen and oxygen atoms in total. The van der Waals surface area contributed by atoms with Crippen molar-refractivity contribution < 1.29 is 9.84 Å². The van der Waals surface area contributed by atoms with E-state index in [0.29, 0.717) is 23.2 Å². The second-order valence-corrected chi connectivity index (χ2v) is 5.75. The maximum atomic E-state index is 9.85. The van der Waals surface area contributed by atoms with Gasteiger partial charge in [0, 0.05) is 11.3 Å². The first-order valence-corrected chi connectivity index (χ1v) is 8.06. The lowest BCUT2D eigenvalue weighted by Gasteiger charge is -2.11. The second-order valence-electron chi connectivity index (χ2n) is 5.75. The van der Waals surface area contributed by atoms with Gasteiger partial charge in [-0.3, -0.25) is 0 Å². The molecule has 2 aromatic rings. The minimum atomic E-state index is 0. The zero-order valence-corrected chi connectivity index (χ0v) is 17.2. The Hall–Kier alpha value is -1.96. The van der Waals surface area contributed by atoms with Gasteiger partial charge in [-0.15, -0.1) is 24.0 Å². The summed E-state index contributed by atoms with van der Waals surface area (Å²) in [5.74, 6) is 1.69. The van der Waals surface area contributed by atoms with Crippen molar-refractivity contribution in [3.8, 4) is 11.5 Å². The Labute approximate surface area is 166 Å². The third kappa shape index (κ3) is 6.12. The van der Waals surface area contributed by atoms with Gasteiger partial charge in [-0.05, 0) is 48.2 Å². The number of aliphatic imine (C=N–C) groups is 1. The molecule has 0 aliphatic carbocycles. The molecule has 0 aromatic heterocycles. The molecular weight excluding hydrogens is 429 g/mol. The van der Waals surface area contributed by atoms with Crippen LogP contribution in [-0.2, 0) is 6.54 Å². The Balaban J connectivity index is 0.00000312. The summed E-state index contributed by atoms with van der Waals surface area (Å²) in [6.45, 7) is 4.65. The highest BCUT2D eigenvalue weighted by atomic mass is 127. The van der Waals surface area contributed by atoms with E-state index >= 15 is 0 Å². The molecule has 0 aliphatic rings. The van der Waals surface area contributed by atoms with E-state index in [4.69, 9.17) is 10.5 Å². The highest BCUT2D eigenvalue weighted by molar-refractivity contribution is 14.0. The summed E-state index contributed by atoms with van der Waals surface area (Å²) in [5.41, 5.74) is 8.78. The zero-order chi connectivity index (χ0) is 17.5. The number of rotatable bonds is 6. The van der Waals surface area contributed by atoms with E-state index in [1.54, 1.807) is 25.3 Å². The number of ether oxygens (including phenoxy) is 1. The second kappa shape index (κ2) is 10.1. The summed E-state index contributed by atoms with van der Waals surface area (Å²) < 4.78 is 5.15. The number of hydrogen-bond acceptors (Lipinski definition) is 3. The minimum Gasteiger partial charge on any atom is -0.508 e. The van der Waals surface area contributed by atoms with Crippen LogP contribution in [0.5, 0.6) is 11.5 Å². The van der Waals surface area contributed by atoms with Crippen LogP contribution in [0.3, 0.4) is 0 Å². The number of anilines is 1. The number of benzene rings is 2. The summed E-state index contributed by atoms with van der Waals surface area (Å²) in [6.07, 6.45) is 1.11. The molecule has 25 heavy (non-hydrogen) atoms. The van der Waals surface area contributed by atoms with Crippen molar-refractivity contribution in [1.82, 2.24) is 0 Å². The van der Waals surface area contributed by atoms with Gasteiger partial charge in [0.05, 0.1) is 13.7 Å². The maximum absolute atomic E-state index is 9.85. The molecule has 0 radical (unpaired) electrons. The first-order valence-electron chi connectivity index (χ1n) is 8.06. The van der Waals surface area contributed by atoms with Crippen molar-refractivity contribution in [2.24, 2.45) is 10.7 Å². The van der Waals surface area contributed by atoms with E-state index in [9.17, 15) is 5.11 Å². The fourth-order valence-electron chi connectivity index (χ4n) is 2.30. The lowest BCUT2D eigenvalue weighted by atomic mass is 9.99. The van der Waals surface area contributed by atoms with Gasteiger partial charge in [0.25, 0.3) is 0 Å². The van der Waals surface area contributed by atoms with Crippen molar-refractivity contribution in [1.29, 1.82) is 0 Å². The lowest BCUT2D eigenvalue weighted by molar-refractivity contribution is 0.411. The standard InChI is InChI=1S/C19H25N3O2.HI/c1-4-13(2)14-5-7-16(8-6-14)22-19(20)21-12-15-11-17(24-3)9-10-18(15)23;/h5-11,13,23H,4,12H2,1-3H3,(H3,20,21,22);1H. The van der Waals surface area contributed by atoms with Crippen LogP contribution >= 0.6 is 24.0 Å². The molecule has 4 N–H and O–H groups in total. The van der Waals surface area contributed by atoms with Crippen molar-refractivity contribution in [3.63, 3.8) is 0 Å². The zero-order valence-electron chi connectivity index (χ0n) is 14.8. The van der Waals surface area contributed by atoms with Crippen LogP contribution in [0.4, 0.5) is 5.69 Å². The van der Waals surface area contributed by atoms with Crippen LogP contribution in [-0.4, -0.2) is 18.2 Å². The number of nitrogens with one attached hydrogen (secondary N) is 1. The van der Waals surface area contributed by atoms with Crippen molar-refractivity contribution in [2.45, 2.75) is 32.7 Å². The van der Waals surface area contributed by atoms with Gasteiger partial charge in [-0.1, -0.05) is 26.0 Å². The van der Waals surface area contributed by atoms with E-state index in [0.717, 1.165) is 12.1 Å². The van der Waals surface area contributed by atoms with Gasteiger partial charge >= 0.3 is 0 Å². The van der Waals surface area contributed by atoms with Crippen LogP contribution in [0.15, 0.2) is 47.5 Å². The Morgan fingerprint density at radius 3 is 2.52 bits per heavy atom. The molecule has 0 saturated heterocycles. The Kier molecular flexibility index (Phi) is 8.54. The van der Waals surface area contributed by atoms with Crippen molar-refractivity contribution >= 4 is 35.6 Å². The van der Waals surface area contributed by atoms with E-state index in [2.05, 4.69) is 36.3 Å². The number of nitrogens with two attached hydrogens (primary N) is 1. The summed E-state index contributed by atoms with van der Waals surface area (Å²) >= 11 is 0. The number of nitrogens with zero attached hydrogens (tertiary/aromatic N) is 1. The lowest BCUT2D eigenvalue weighted by Crippen LogP contribution is -2.22. The van der Waals surface area contributed by atoms with Gasteiger partial charge in [0.1, 0.15) is 11.5 Å². The summed E-state index contributed by atoms with van der Waals surface area (Å²) in [7, 11) is 1.58. The predicted octanol–water partition coefficient (Wildman–Crippen LogP) is 4.46. The molecule has 1 atom stereocenters. The fraction of sp³-hybridized carbons (Fsp3) is 0.316. The van der Waals surface area contributed by atoms with Gasteiger partial charge < -0.3 is 20.9 Å². The topological polar surface area (TPSA) is 79.9 Å². The number of hydrogen-bond donors (Lipinski definition) is 3. The maximum Gasteiger partial charge on any atom is 0.193 e. The molecule has 0 amide bonds. The summed E-state index contributed by atoms with van der Waals surface area (Å²) in [5, 5.41) is 12.9. The largest absolute Gasteiger partial charge is 0.508 e. The van der Waals surface area contributed by atoms with Gasteiger partial charge in [-0.2, -0.15) is 0 Å². The first kappa shape index (κ1) is 21.1. The molecule has 0 saturated carbocycles. The van der Waals surface area contributed by atoms with Gasteiger partial charge in [0.2, 0.25) is 0 Å². The molecular formula is C19H26IN3O2. The number of phenolic OH excluding ortho intramolecular Hbond substituents is 1. The van der Waals surface area contributed by atoms with E-state index < -0.39 is 0 Å². The van der Waals surface area contributed by atoms with Crippen LogP contribution in [0.1, 0.15) is 37.3 Å². The monoisotopic (exact) mass is 455 g/mol. The fourth-order valence-corrected chi connectivity index (χ4v) is 2.30. The number of methoxy groups -OCH3 is 1. The van der Waals surface area contributed by atoms with E-state index in [1.165, 1.54) is 5.56 Å². The Morgan fingerprint density at radius 1 is 1.24 bits per heavy atom. The summed E-state index contributed by atoms with van der Waals surface area (Å²) in [6, 6.07) is 13.2. The molecule has 1 unspecified atom stereocenters. The van der Waals surface area contributed by atoms with Crippen molar-refractivity contribution in [3.05, 3.63) is 53.6 Å². The molecule has 0 fully saturated rings. The molecule has 0 bridgehead atoms. The predicted molar refractivity (Wildman–Crippen MR) is 114 cm³/mol. The van der Waals surface area contributed by atoms with Gasteiger partial charge in [-0.25, -0.2) is 4.99 Å². The highest BCUT2D eigenvalue weighted by Crippen LogP contribution is 2.23. The minimum absolute atomic E-state index is 0.